The van der Waals surface area contributed by atoms with E-state index in [1.807, 2.05) is 6.92 Å². The second-order valence-electron chi connectivity index (χ2n) is 8.40. The predicted octanol–water partition coefficient (Wildman–Crippen LogP) is 3.79. The van der Waals surface area contributed by atoms with Crippen LogP contribution in [0.4, 0.5) is 5.69 Å². The van der Waals surface area contributed by atoms with Crippen LogP contribution in [0.5, 0.6) is 0 Å². The standard InChI is InChI=1S/C21H20BrClN2O3/c1-8-15(6-5-14(22)18(8)23)24-19(26)9(2)25-20(27)16-10-3-4-11(13-7-12(10)13)17(16)21(25)28/h3-6,9-13,16-17H,7H2,1-2H3,(H,24,26)/t9-,10-,11-,12-,13-,16+,17+/m0/s1. The van der Waals surface area contributed by atoms with Crippen LogP contribution in [0.2, 0.25) is 5.02 Å². The van der Waals surface area contributed by atoms with Crippen molar-refractivity contribution in [3.8, 4) is 0 Å². The van der Waals surface area contributed by atoms with Crippen molar-refractivity contribution < 1.29 is 14.4 Å². The van der Waals surface area contributed by atoms with Gasteiger partial charge in [-0.3, -0.25) is 19.3 Å². The fourth-order valence-corrected chi connectivity index (χ4v) is 6.10. The molecule has 0 radical (unpaired) electrons. The van der Waals surface area contributed by atoms with Crippen LogP contribution in [-0.2, 0) is 14.4 Å². The van der Waals surface area contributed by atoms with E-state index in [4.69, 9.17) is 11.6 Å². The highest BCUT2D eigenvalue weighted by atomic mass is 79.9. The first-order valence-electron chi connectivity index (χ1n) is 9.62. The summed E-state index contributed by atoms with van der Waals surface area (Å²) in [4.78, 5) is 40.3. The molecule has 2 bridgehead atoms. The molecule has 5 nitrogen and oxygen atoms in total. The van der Waals surface area contributed by atoms with Gasteiger partial charge in [-0.15, -0.1) is 0 Å². The molecular formula is C21H20BrClN2O3. The summed E-state index contributed by atoms with van der Waals surface area (Å²) >= 11 is 9.59. The summed E-state index contributed by atoms with van der Waals surface area (Å²) in [6.45, 7) is 3.43. The first-order valence-corrected chi connectivity index (χ1v) is 10.8. The third-order valence-electron chi connectivity index (χ3n) is 7.06. The van der Waals surface area contributed by atoms with Gasteiger partial charge in [0, 0.05) is 10.2 Å². The molecule has 2 saturated carbocycles. The van der Waals surface area contributed by atoms with E-state index >= 15 is 0 Å². The molecule has 3 fully saturated rings. The van der Waals surface area contributed by atoms with Crippen LogP contribution in [0.25, 0.3) is 0 Å². The predicted molar refractivity (Wildman–Crippen MR) is 109 cm³/mol. The van der Waals surface area contributed by atoms with Crippen molar-refractivity contribution in [2.45, 2.75) is 26.3 Å². The summed E-state index contributed by atoms with van der Waals surface area (Å²) in [6, 6.07) is 2.65. The topological polar surface area (TPSA) is 66.5 Å². The smallest absolute Gasteiger partial charge is 0.247 e. The van der Waals surface area contributed by atoms with Gasteiger partial charge in [-0.2, -0.15) is 0 Å². The lowest BCUT2D eigenvalue weighted by Gasteiger charge is -2.37. The number of nitrogens with zero attached hydrogens (tertiary/aromatic N) is 1. The number of hydrogen-bond donors (Lipinski definition) is 1. The molecule has 28 heavy (non-hydrogen) atoms. The number of likely N-dealkylation sites (tertiary alicyclic amines) is 1. The molecule has 6 rings (SSSR count). The van der Waals surface area contributed by atoms with Gasteiger partial charge in [-0.1, -0.05) is 23.8 Å². The molecule has 4 aliphatic carbocycles. The number of hydrogen-bond acceptors (Lipinski definition) is 3. The summed E-state index contributed by atoms with van der Waals surface area (Å²) in [7, 11) is 0. The average molecular weight is 464 g/mol. The number of allylic oxidation sites excluding steroid dienone is 2. The van der Waals surface area contributed by atoms with Gasteiger partial charge in [-0.05, 0) is 77.6 Å². The molecule has 0 aromatic heterocycles. The van der Waals surface area contributed by atoms with E-state index in [0.29, 0.717) is 22.5 Å². The minimum atomic E-state index is -0.858. The molecule has 7 atom stereocenters. The highest BCUT2D eigenvalue weighted by Gasteiger charge is 2.67. The molecule has 3 amide bonds. The Hall–Kier alpha value is -1.66. The third-order valence-corrected chi connectivity index (χ3v) is 8.44. The minimum Gasteiger partial charge on any atom is -0.324 e. The van der Waals surface area contributed by atoms with Crippen molar-refractivity contribution in [3.05, 3.63) is 39.3 Å². The van der Waals surface area contributed by atoms with E-state index in [0.717, 1.165) is 16.5 Å². The van der Waals surface area contributed by atoms with Crippen LogP contribution in [0.3, 0.4) is 0 Å². The Labute approximate surface area is 176 Å². The average Bonchev–Trinajstić information content (AvgIpc) is 3.45. The fourth-order valence-electron chi connectivity index (χ4n) is 5.50. The lowest BCUT2D eigenvalue weighted by Crippen LogP contribution is -2.46. The van der Waals surface area contributed by atoms with Crippen LogP contribution >= 0.6 is 27.5 Å². The molecule has 1 heterocycles. The molecule has 1 saturated heterocycles. The lowest BCUT2D eigenvalue weighted by atomic mass is 9.63. The molecule has 1 aromatic carbocycles. The summed E-state index contributed by atoms with van der Waals surface area (Å²) in [5.74, 6) is 0.0756. The van der Waals surface area contributed by atoms with E-state index in [1.165, 1.54) is 4.90 Å². The van der Waals surface area contributed by atoms with Crippen LogP contribution in [0.15, 0.2) is 28.8 Å². The molecular weight excluding hydrogens is 444 g/mol. The Balaban J connectivity index is 1.38. The zero-order chi connectivity index (χ0) is 19.9. The summed E-state index contributed by atoms with van der Waals surface area (Å²) in [6.07, 6.45) is 5.38. The van der Waals surface area contributed by atoms with E-state index in [1.54, 1.807) is 19.1 Å². The van der Waals surface area contributed by atoms with Gasteiger partial charge in [0.2, 0.25) is 17.7 Å². The van der Waals surface area contributed by atoms with Crippen molar-refractivity contribution in [2.75, 3.05) is 5.32 Å². The lowest BCUT2D eigenvalue weighted by molar-refractivity contribution is -0.146. The molecule has 7 heteroatoms. The monoisotopic (exact) mass is 462 g/mol. The Morgan fingerprint density at radius 3 is 2.32 bits per heavy atom. The zero-order valence-corrected chi connectivity index (χ0v) is 17.8. The quantitative estimate of drug-likeness (QED) is 0.548. The number of carbonyl (C=O) groups is 3. The Morgan fingerprint density at radius 1 is 1.18 bits per heavy atom. The van der Waals surface area contributed by atoms with Crippen LogP contribution < -0.4 is 5.32 Å². The molecule has 146 valence electrons. The van der Waals surface area contributed by atoms with Gasteiger partial charge in [0.1, 0.15) is 6.04 Å². The second-order valence-corrected chi connectivity index (χ2v) is 9.63. The first-order chi connectivity index (χ1) is 13.3. The fraction of sp³-hybridized carbons (Fsp3) is 0.476. The van der Waals surface area contributed by atoms with Gasteiger partial charge in [0.25, 0.3) is 0 Å². The number of halogens is 2. The highest BCUT2D eigenvalue weighted by Crippen LogP contribution is 2.65. The number of carbonyl (C=O) groups excluding carboxylic acids is 3. The molecule has 1 N–H and O–H groups in total. The summed E-state index contributed by atoms with van der Waals surface area (Å²) in [5, 5.41) is 3.35. The van der Waals surface area contributed by atoms with Gasteiger partial charge >= 0.3 is 0 Å². The van der Waals surface area contributed by atoms with E-state index in [-0.39, 0.29) is 41.4 Å². The van der Waals surface area contributed by atoms with Gasteiger partial charge in [0.05, 0.1) is 16.9 Å². The number of benzene rings is 1. The Morgan fingerprint density at radius 2 is 1.75 bits per heavy atom. The maximum atomic E-state index is 13.1. The van der Waals surface area contributed by atoms with E-state index in [2.05, 4.69) is 33.4 Å². The minimum absolute atomic E-state index is 0.157. The maximum absolute atomic E-state index is 13.1. The maximum Gasteiger partial charge on any atom is 0.247 e. The third kappa shape index (κ3) is 2.40. The van der Waals surface area contributed by atoms with Crippen LogP contribution in [0, 0.1) is 42.4 Å². The number of imide groups is 1. The van der Waals surface area contributed by atoms with E-state index in [9.17, 15) is 14.4 Å². The van der Waals surface area contributed by atoms with Crippen LogP contribution in [0.1, 0.15) is 18.9 Å². The number of anilines is 1. The molecule has 1 aromatic rings. The Kier molecular flexibility index (Phi) is 4.05. The molecule has 5 aliphatic rings. The van der Waals surface area contributed by atoms with Crippen LogP contribution in [-0.4, -0.2) is 28.7 Å². The normalized spacial score (nSPS) is 35.6. The summed E-state index contributed by atoms with van der Waals surface area (Å²) in [5.41, 5.74) is 1.30. The van der Waals surface area contributed by atoms with Crippen molar-refractivity contribution in [1.82, 2.24) is 4.90 Å². The number of amides is 3. The summed E-state index contributed by atoms with van der Waals surface area (Å²) < 4.78 is 0.744. The molecule has 0 spiro atoms. The highest BCUT2D eigenvalue weighted by molar-refractivity contribution is 9.10. The van der Waals surface area contributed by atoms with Gasteiger partial charge in [0.15, 0.2) is 0 Å². The molecule has 0 unspecified atom stereocenters. The van der Waals surface area contributed by atoms with Crippen molar-refractivity contribution >= 4 is 50.9 Å². The SMILES string of the molecule is Cc1c(NC(=O)[C@H](C)N2C(=O)[C@@H]3[C@H]4C=C[C@@H]([C@@H]5C[C@@H]45)[C@H]3C2=O)ccc(Br)c1Cl. The van der Waals surface area contributed by atoms with Gasteiger partial charge in [-0.25, -0.2) is 0 Å². The van der Waals surface area contributed by atoms with Gasteiger partial charge < -0.3 is 5.32 Å². The van der Waals surface area contributed by atoms with Crippen molar-refractivity contribution in [2.24, 2.45) is 35.5 Å². The second kappa shape index (κ2) is 6.17. The van der Waals surface area contributed by atoms with Crippen molar-refractivity contribution in [1.29, 1.82) is 0 Å². The largest absolute Gasteiger partial charge is 0.324 e. The van der Waals surface area contributed by atoms with Crippen molar-refractivity contribution in [3.63, 3.8) is 0 Å². The number of rotatable bonds is 3. The van der Waals surface area contributed by atoms with E-state index < -0.39 is 6.04 Å². The Bertz CT molecular complexity index is 925. The zero-order valence-electron chi connectivity index (χ0n) is 15.5. The first kappa shape index (κ1) is 18.4. The number of nitrogens with one attached hydrogen (secondary N) is 1. The molecule has 1 aliphatic heterocycles.